The van der Waals surface area contributed by atoms with Gasteiger partial charge in [0, 0.05) is 16.1 Å². The van der Waals surface area contributed by atoms with Gasteiger partial charge in [-0.2, -0.15) is 0 Å². The Kier molecular flexibility index (Phi) is 3.22. The van der Waals surface area contributed by atoms with Crippen molar-refractivity contribution in [2.75, 3.05) is 6.54 Å². The molecule has 2 N–H and O–H groups in total. The minimum Gasteiger partial charge on any atom is -0.478 e. The number of carboxylic acid groups (broad SMARTS) is 1. The van der Waals surface area contributed by atoms with Crippen molar-refractivity contribution in [3.63, 3.8) is 0 Å². The van der Waals surface area contributed by atoms with E-state index in [1.165, 1.54) is 4.88 Å². The van der Waals surface area contributed by atoms with Crippen LogP contribution in [0.25, 0.3) is 10.1 Å². The summed E-state index contributed by atoms with van der Waals surface area (Å²) in [5.41, 5.74) is 0.348. The van der Waals surface area contributed by atoms with E-state index in [1.54, 1.807) is 23.5 Å². The van der Waals surface area contributed by atoms with Crippen LogP contribution in [-0.4, -0.2) is 17.6 Å². The number of hydrogen-bond acceptors (Lipinski definition) is 3. The molecular formula is C12H13NO2S. The number of hydrogen-bond donors (Lipinski definition) is 2. The van der Waals surface area contributed by atoms with Gasteiger partial charge in [-0.25, -0.2) is 4.79 Å². The Morgan fingerprint density at radius 1 is 1.44 bits per heavy atom. The minimum atomic E-state index is -0.874. The van der Waals surface area contributed by atoms with Gasteiger partial charge in [0.05, 0.1) is 5.56 Å². The number of rotatable bonds is 4. The Morgan fingerprint density at radius 3 is 2.94 bits per heavy atom. The summed E-state index contributed by atoms with van der Waals surface area (Å²) in [7, 11) is 0. The molecule has 84 valence electrons. The van der Waals surface area contributed by atoms with Crippen molar-refractivity contribution >= 4 is 27.4 Å². The Hall–Kier alpha value is -1.39. The predicted molar refractivity (Wildman–Crippen MR) is 66.2 cm³/mol. The van der Waals surface area contributed by atoms with E-state index >= 15 is 0 Å². The van der Waals surface area contributed by atoms with Crippen molar-refractivity contribution < 1.29 is 9.90 Å². The van der Waals surface area contributed by atoms with Gasteiger partial charge in [0.15, 0.2) is 0 Å². The standard InChI is InChI=1S/C12H13NO2S/c1-2-13-7-10-6-9-5-8(12(14)15)3-4-11(9)16-10/h3-6,13H,2,7H2,1H3,(H,14,15). The summed E-state index contributed by atoms with van der Waals surface area (Å²) < 4.78 is 1.14. The molecule has 2 rings (SSSR count). The maximum atomic E-state index is 10.8. The van der Waals surface area contributed by atoms with E-state index in [1.807, 2.05) is 6.07 Å². The van der Waals surface area contributed by atoms with Crippen molar-refractivity contribution in [1.29, 1.82) is 0 Å². The van der Waals surface area contributed by atoms with Crippen molar-refractivity contribution in [3.8, 4) is 0 Å². The van der Waals surface area contributed by atoms with Gasteiger partial charge in [0.2, 0.25) is 0 Å². The van der Waals surface area contributed by atoms with E-state index in [0.717, 1.165) is 23.2 Å². The Labute approximate surface area is 97.7 Å². The van der Waals surface area contributed by atoms with Crippen LogP contribution >= 0.6 is 11.3 Å². The summed E-state index contributed by atoms with van der Waals surface area (Å²) in [6.45, 7) is 3.85. The average molecular weight is 235 g/mol. The summed E-state index contributed by atoms with van der Waals surface area (Å²) in [6, 6.07) is 7.30. The second-order valence-corrected chi connectivity index (χ2v) is 4.72. The normalized spacial score (nSPS) is 10.8. The van der Waals surface area contributed by atoms with Gasteiger partial charge in [0.25, 0.3) is 0 Å². The van der Waals surface area contributed by atoms with Crippen molar-refractivity contribution in [2.45, 2.75) is 13.5 Å². The second-order valence-electron chi connectivity index (χ2n) is 3.55. The lowest BCUT2D eigenvalue weighted by atomic mass is 10.1. The number of fused-ring (bicyclic) bond motifs is 1. The lowest BCUT2D eigenvalue weighted by Gasteiger charge is -1.95. The van der Waals surface area contributed by atoms with Crippen LogP contribution in [0.3, 0.4) is 0 Å². The fourth-order valence-corrected chi connectivity index (χ4v) is 2.58. The summed E-state index contributed by atoms with van der Waals surface area (Å²) in [5, 5.41) is 13.2. The first-order valence-electron chi connectivity index (χ1n) is 5.17. The zero-order valence-electron chi connectivity index (χ0n) is 8.99. The van der Waals surface area contributed by atoms with Gasteiger partial charge < -0.3 is 10.4 Å². The van der Waals surface area contributed by atoms with Crippen molar-refractivity contribution in [3.05, 3.63) is 34.7 Å². The first kappa shape index (κ1) is 11.1. The number of benzene rings is 1. The summed E-state index contributed by atoms with van der Waals surface area (Å²) in [6.07, 6.45) is 0. The molecule has 0 amide bonds. The lowest BCUT2D eigenvalue weighted by Crippen LogP contribution is -2.10. The highest BCUT2D eigenvalue weighted by Gasteiger charge is 2.06. The van der Waals surface area contributed by atoms with Crippen molar-refractivity contribution in [2.24, 2.45) is 0 Å². The van der Waals surface area contributed by atoms with Gasteiger partial charge in [-0.05, 0) is 36.2 Å². The topological polar surface area (TPSA) is 49.3 Å². The van der Waals surface area contributed by atoms with E-state index in [-0.39, 0.29) is 0 Å². The third kappa shape index (κ3) is 2.23. The fraction of sp³-hybridized carbons (Fsp3) is 0.250. The van der Waals surface area contributed by atoms with Gasteiger partial charge >= 0.3 is 5.97 Å². The van der Waals surface area contributed by atoms with Crippen LogP contribution in [0.5, 0.6) is 0 Å². The molecule has 0 bridgehead atoms. The number of thiophene rings is 1. The van der Waals surface area contributed by atoms with Gasteiger partial charge in [-0.3, -0.25) is 0 Å². The molecule has 0 spiro atoms. The first-order chi connectivity index (χ1) is 7.70. The zero-order chi connectivity index (χ0) is 11.5. The van der Waals surface area contributed by atoms with Gasteiger partial charge in [0.1, 0.15) is 0 Å². The molecule has 0 radical (unpaired) electrons. The molecule has 0 atom stereocenters. The third-order valence-electron chi connectivity index (χ3n) is 2.36. The highest BCUT2D eigenvalue weighted by molar-refractivity contribution is 7.19. The molecule has 0 aliphatic heterocycles. The van der Waals surface area contributed by atoms with E-state index < -0.39 is 5.97 Å². The van der Waals surface area contributed by atoms with E-state index in [2.05, 4.69) is 18.3 Å². The predicted octanol–water partition coefficient (Wildman–Crippen LogP) is 2.71. The molecule has 16 heavy (non-hydrogen) atoms. The van der Waals surface area contributed by atoms with Crippen molar-refractivity contribution in [1.82, 2.24) is 5.32 Å². The molecule has 0 saturated heterocycles. The molecule has 0 aliphatic carbocycles. The maximum absolute atomic E-state index is 10.8. The third-order valence-corrected chi connectivity index (χ3v) is 3.48. The minimum absolute atomic E-state index is 0.348. The largest absolute Gasteiger partial charge is 0.478 e. The summed E-state index contributed by atoms with van der Waals surface area (Å²) >= 11 is 1.70. The molecule has 4 heteroatoms. The molecule has 1 aromatic carbocycles. The molecule has 0 aliphatic rings. The number of carbonyl (C=O) groups is 1. The van der Waals surface area contributed by atoms with Crippen LogP contribution in [0.4, 0.5) is 0 Å². The Bertz CT molecular complexity index is 519. The zero-order valence-corrected chi connectivity index (χ0v) is 9.80. The van der Waals surface area contributed by atoms with Gasteiger partial charge in [-0.15, -0.1) is 11.3 Å². The maximum Gasteiger partial charge on any atom is 0.335 e. The second kappa shape index (κ2) is 4.63. The molecule has 1 aromatic heterocycles. The molecule has 2 aromatic rings. The van der Waals surface area contributed by atoms with Crippen LogP contribution in [0.1, 0.15) is 22.2 Å². The number of nitrogens with one attached hydrogen (secondary N) is 1. The van der Waals surface area contributed by atoms with Crippen LogP contribution in [0, 0.1) is 0 Å². The Balaban J connectivity index is 2.34. The van der Waals surface area contributed by atoms with Crippen LogP contribution < -0.4 is 5.32 Å². The van der Waals surface area contributed by atoms with Crippen LogP contribution in [0.15, 0.2) is 24.3 Å². The summed E-state index contributed by atoms with van der Waals surface area (Å²) in [4.78, 5) is 12.1. The monoisotopic (exact) mass is 235 g/mol. The molecular weight excluding hydrogens is 222 g/mol. The number of aromatic carboxylic acids is 1. The van der Waals surface area contributed by atoms with E-state index in [0.29, 0.717) is 5.56 Å². The molecule has 0 fully saturated rings. The van der Waals surface area contributed by atoms with E-state index in [9.17, 15) is 4.79 Å². The smallest absolute Gasteiger partial charge is 0.335 e. The SMILES string of the molecule is CCNCc1cc2cc(C(=O)O)ccc2s1. The average Bonchev–Trinajstić information content (AvgIpc) is 2.67. The molecule has 1 heterocycles. The highest BCUT2D eigenvalue weighted by Crippen LogP contribution is 2.26. The first-order valence-corrected chi connectivity index (χ1v) is 5.99. The fourth-order valence-electron chi connectivity index (χ4n) is 1.57. The highest BCUT2D eigenvalue weighted by atomic mass is 32.1. The Morgan fingerprint density at radius 2 is 2.25 bits per heavy atom. The quantitative estimate of drug-likeness (QED) is 0.856. The molecule has 3 nitrogen and oxygen atoms in total. The molecule has 0 unspecified atom stereocenters. The van der Waals surface area contributed by atoms with Crippen LogP contribution in [-0.2, 0) is 6.54 Å². The van der Waals surface area contributed by atoms with Gasteiger partial charge in [-0.1, -0.05) is 6.92 Å². The summed E-state index contributed by atoms with van der Waals surface area (Å²) in [5.74, 6) is -0.874. The van der Waals surface area contributed by atoms with E-state index in [4.69, 9.17) is 5.11 Å². The van der Waals surface area contributed by atoms with Crippen LogP contribution in [0.2, 0.25) is 0 Å². The molecule has 0 saturated carbocycles. The number of carboxylic acids is 1. The lowest BCUT2D eigenvalue weighted by molar-refractivity contribution is 0.0697.